The van der Waals surface area contributed by atoms with Crippen LogP contribution in [-0.4, -0.2) is 17.7 Å². The second-order valence-electron chi connectivity index (χ2n) is 3.46. The van der Waals surface area contributed by atoms with Crippen LogP contribution in [0, 0.1) is 0 Å². The summed E-state index contributed by atoms with van der Waals surface area (Å²) >= 11 is 0. The molecule has 0 aromatic heterocycles. The minimum Gasteiger partial charge on any atom is -0.508 e. The van der Waals surface area contributed by atoms with Gasteiger partial charge in [0.2, 0.25) is 0 Å². The lowest BCUT2D eigenvalue weighted by Gasteiger charge is -2.14. The molecule has 4 heteroatoms. The fourth-order valence-electron chi connectivity index (χ4n) is 1.29. The molecule has 0 heterocycles. The first-order chi connectivity index (χ1) is 7.63. The third-order valence-corrected chi connectivity index (χ3v) is 2.12. The first kappa shape index (κ1) is 12.1. The number of amides is 2. The molecule has 2 amide bonds. The van der Waals surface area contributed by atoms with Crippen LogP contribution in [0.2, 0.25) is 0 Å². The van der Waals surface area contributed by atoms with E-state index in [0.29, 0.717) is 6.54 Å². The van der Waals surface area contributed by atoms with Gasteiger partial charge in [0, 0.05) is 6.54 Å². The molecule has 0 saturated heterocycles. The number of nitrogens with one attached hydrogen (secondary N) is 2. The summed E-state index contributed by atoms with van der Waals surface area (Å²) in [6, 6.07) is 6.39. The molecular weight excluding hydrogens is 204 g/mol. The lowest BCUT2D eigenvalue weighted by molar-refractivity contribution is 0.239. The monoisotopic (exact) mass is 220 g/mol. The van der Waals surface area contributed by atoms with E-state index in [2.05, 4.69) is 17.2 Å². The van der Waals surface area contributed by atoms with Gasteiger partial charge in [-0.2, -0.15) is 0 Å². The molecule has 0 spiro atoms. The first-order valence-electron chi connectivity index (χ1n) is 5.07. The quantitative estimate of drug-likeness (QED) is 0.679. The lowest BCUT2D eigenvalue weighted by Crippen LogP contribution is -2.36. The van der Waals surface area contributed by atoms with E-state index in [1.807, 2.05) is 13.0 Å². The predicted molar refractivity (Wildman–Crippen MR) is 63.3 cm³/mol. The molecule has 86 valence electrons. The van der Waals surface area contributed by atoms with Gasteiger partial charge < -0.3 is 15.7 Å². The van der Waals surface area contributed by atoms with Crippen LogP contribution >= 0.6 is 0 Å². The molecule has 1 rings (SSSR count). The van der Waals surface area contributed by atoms with Gasteiger partial charge in [-0.05, 0) is 24.6 Å². The van der Waals surface area contributed by atoms with Crippen molar-refractivity contribution in [2.75, 3.05) is 6.54 Å². The van der Waals surface area contributed by atoms with Crippen molar-refractivity contribution in [2.45, 2.75) is 13.0 Å². The van der Waals surface area contributed by atoms with Gasteiger partial charge in [-0.25, -0.2) is 4.79 Å². The number of hydrogen-bond donors (Lipinski definition) is 3. The maximum absolute atomic E-state index is 11.3. The SMILES string of the molecule is C=CCNC(=O)NC(C)c1cccc(O)c1. The second kappa shape index (κ2) is 5.80. The molecule has 0 aliphatic heterocycles. The van der Waals surface area contributed by atoms with Gasteiger partial charge in [0.25, 0.3) is 0 Å². The van der Waals surface area contributed by atoms with E-state index < -0.39 is 0 Å². The highest BCUT2D eigenvalue weighted by Gasteiger charge is 2.08. The number of hydrogen-bond acceptors (Lipinski definition) is 2. The van der Waals surface area contributed by atoms with Crippen LogP contribution in [0.25, 0.3) is 0 Å². The second-order valence-corrected chi connectivity index (χ2v) is 3.46. The van der Waals surface area contributed by atoms with E-state index in [9.17, 15) is 9.90 Å². The Morgan fingerprint density at radius 1 is 1.62 bits per heavy atom. The topological polar surface area (TPSA) is 61.4 Å². The number of benzene rings is 1. The maximum atomic E-state index is 11.3. The van der Waals surface area contributed by atoms with E-state index in [1.165, 1.54) is 0 Å². The number of carbonyl (C=O) groups excluding carboxylic acids is 1. The van der Waals surface area contributed by atoms with Crippen molar-refractivity contribution in [3.63, 3.8) is 0 Å². The molecule has 0 aliphatic rings. The standard InChI is InChI=1S/C12H16N2O2/c1-3-7-13-12(16)14-9(2)10-5-4-6-11(15)8-10/h3-6,8-9,15H,1,7H2,2H3,(H2,13,14,16). The van der Waals surface area contributed by atoms with Crippen molar-refractivity contribution in [3.8, 4) is 5.75 Å². The summed E-state index contributed by atoms with van der Waals surface area (Å²) in [5.74, 6) is 0.192. The fraction of sp³-hybridized carbons (Fsp3) is 0.250. The summed E-state index contributed by atoms with van der Waals surface area (Å²) in [6.45, 7) is 5.78. The van der Waals surface area contributed by atoms with Crippen molar-refractivity contribution < 1.29 is 9.90 Å². The minimum atomic E-state index is -0.254. The molecule has 0 aliphatic carbocycles. The summed E-state index contributed by atoms with van der Waals surface area (Å²) in [5, 5.41) is 14.7. The van der Waals surface area contributed by atoms with Gasteiger partial charge in [0.1, 0.15) is 5.75 Å². The van der Waals surface area contributed by atoms with Crippen LogP contribution < -0.4 is 10.6 Å². The lowest BCUT2D eigenvalue weighted by atomic mass is 10.1. The highest BCUT2D eigenvalue weighted by atomic mass is 16.3. The molecule has 3 N–H and O–H groups in total. The number of phenolic OH excluding ortho intramolecular Hbond substituents is 1. The average molecular weight is 220 g/mol. The van der Waals surface area contributed by atoms with Gasteiger partial charge in [-0.15, -0.1) is 6.58 Å². The van der Waals surface area contributed by atoms with Gasteiger partial charge >= 0.3 is 6.03 Å². The molecule has 1 atom stereocenters. The van der Waals surface area contributed by atoms with Crippen molar-refractivity contribution in [2.24, 2.45) is 0 Å². The number of rotatable bonds is 4. The molecule has 1 aromatic rings. The third kappa shape index (κ3) is 3.65. The molecule has 0 radical (unpaired) electrons. The van der Waals surface area contributed by atoms with Crippen LogP contribution in [0.15, 0.2) is 36.9 Å². The summed E-state index contributed by atoms with van der Waals surface area (Å²) in [4.78, 5) is 11.3. The Bertz CT molecular complexity index is 377. The molecule has 1 unspecified atom stereocenters. The number of carbonyl (C=O) groups is 1. The smallest absolute Gasteiger partial charge is 0.315 e. The summed E-state index contributed by atoms with van der Waals surface area (Å²) in [6.07, 6.45) is 1.61. The predicted octanol–water partition coefficient (Wildman–Crippen LogP) is 1.94. The first-order valence-corrected chi connectivity index (χ1v) is 5.07. The van der Waals surface area contributed by atoms with Crippen molar-refractivity contribution in [3.05, 3.63) is 42.5 Å². The summed E-state index contributed by atoms with van der Waals surface area (Å²) in [7, 11) is 0. The highest BCUT2D eigenvalue weighted by molar-refractivity contribution is 5.74. The molecule has 0 saturated carbocycles. The van der Waals surface area contributed by atoms with E-state index >= 15 is 0 Å². The molecule has 4 nitrogen and oxygen atoms in total. The van der Waals surface area contributed by atoms with Crippen LogP contribution in [0.3, 0.4) is 0 Å². The fourth-order valence-corrected chi connectivity index (χ4v) is 1.29. The molecule has 0 bridgehead atoms. The minimum absolute atomic E-state index is 0.156. The number of urea groups is 1. The van der Waals surface area contributed by atoms with E-state index in [-0.39, 0.29) is 17.8 Å². The Morgan fingerprint density at radius 3 is 3.00 bits per heavy atom. The van der Waals surface area contributed by atoms with Crippen LogP contribution in [0.1, 0.15) is 18.5 Å². The van der Waals surface area contributed by atoms with Gasteiger partial charge in [-0.1, -0.05) is 18.2 Å². The Hall–Kier alpha value is -1.97. The maximum Gasteiger partial charge on any atom is 0.315 e. The van der Waals surface area contributed by atoms with E-state index in [0.717, 1.165) is 5.56 Å². The van der Waals surface area contributed by atoms with E-state index in [1.54, 1.807) is 24.3 Å². The summed E-state index contributed by atoms with van der Waals surface area (Å²) < 4.78 is 0. The van der Waals surface area contributed by atoms with Crippen LogP contribution in [-0.2, 0) is 0 Å². The van der Waals surface area contributed by atoms with Crippen molar-refractivity contribution >= 4 is 6.03 Å². The Morgan fingerprint density at radius 2 is 2.38 bits per heavy atom. The summed E-state index contributed by atoms with van der Waals surface area (Å²) in [5.41, 5.74) is 0.855. The zero-order valence-corrected chi connectivity index (χ0v) is 9.23. The van der Waals surface area contributed by atoms with Gasteiger partial charge in [-0.3, -0.25) is 0 Å². The molecular formula is C12H16N2O2. The van der Waals surface area contributed by atoms with Crippen LogP contribution in [0.4, 0.5) is 4.79 Å². The zero-order valence-electron chi connectivity index (χ0n) is 9.23. The van der Waals surface area contributed by atoms with Gasteiger partial charge in [0.05, 0.1) is 6.04 Å². The normalized spacial score (nSPS) is 11.6. The Labute approximate surface area is 95.0 Å². The number of aromatic hydroxyl groups is 1. The van der Waals surface area contributed by atoms with Crippen LogP contribution in [0.5, 0.6) is 5.75 Å². The largest absolute Gasteiger partial charge is 0.508 e. The Balaban J connectivity index is 2.54. The van der Waals surface area contributed by atoms with Crippen molar-refractivity contribution in [1.29, 1.82) is 0 Å². The average Bonchev–Trinajstić information content (AvgIpc) is 2.26. The van der Waals surface area contributed by atoms with Crippen molar-refractivity contribution in [1.82, 2.24) is 10.6 Å². The third-order valence-electron chi connectivity index (χ3n) is 2.12. The number of phenols is 1. The highest BCUT2D eigenvalue weighted by Crippen LogP contribution is 2.17. The van der Waals surface area contributed by atoms with E-state index in [4.69, 9.17) is 0 Å². The molecule has 16 heavy (non-hydrogen) atoms. The van der Waals surface area contributed by atoms with Gasteiger partial charge in [0.15, 0.2) is 0 Å². The zero-order chi connectivity index (χ0) is 12.0. The molecule has 0 fully saturated rings. The Kier molecular flexibility index (Phi) is 4.39. The molecule has 1 aromatic carbocycles.